The van der Waals surface area contributed by atoms with Gasteiger partial charge >= 0.3 is 0 Å². The Balaban J connectivity index is 2.60. The van der Waals surface area contributed by atoms with Crippen molar-refractivity contribution in [2.24, 2.45) is 0 Å². The zero-order chi connectivity index (χ0) is 9.14. The van der Waals surface area contributed by atoms with Crippen molar-refractivity contribution in [1.29, 1.82) is 0 Å². The second kappa shape index (κ2) is 3.93. The van der Waals surface area contributed by atoms with Gasteiger partial charge in [0.25, 0.3) is 0 Å². The first-order valence-corrected chi connectivity index (χ1v) is 5.02. The van der Waals surface area contributed by atoms with E-state index in [1.807, 2.05) is 0 Å². The zero-order valence-electron chi connectivity index (χ0n) is 8.83. The van der Waals surface area contributed by atoms with Crippen LogP contribution < -0.4 is 0 Å². The molecule has 0 aromatic heterocycles. The van der Waals surface area contributed by atoms with E-state index in [9.17, 15) is 0 Å². The summed E-state index contributed by atoms with van der Waals surface area (Å²) in [5.41, 5.74) is 6.38. The van der Waals surface area contributed by atoms with E-state index in [0.717, 1.165) is 0 Å². The lowest BCUT2D eigenvalue weighted by Crippen LogP contribution is -1.83. The van der Waals surface area contributed by atoms with Gasteiger partial charge in [-0.25, -0.2) is 0 Å². The maximum absolute atomic E-state index is 2.27. The first kappa shape index (κ1) is 9.57. The van der Waals surface area contributed by atoms with E-state index in [2.05, 4.69) is 27.7 Å². The standard InChI is InChI=1S/C12H20/c1-5-6-7-12-8-9(2)10(3)11(12)4/h5-8H2,1-4H3. The Morgan fingerprint density at radius 3 is 2.17 bits per heavy atom. The largest absolute Gasteiger partial charge is 0.0661 e. The van der Waals surface area contributed by atoms with Crippen LogP contribution in [0, 0.1) is 0 Å². The second-order valence-corrected chi connectivity index (χ2v) is 3.91. The summed E-state index contributed by atoms with van der Waals surface area (Å²) in [5.74, 6) is 0. The quantitative estimate of drug-likeness (QED) is 0.585. The van der Waals surface area contributed by atoms with Gasteiger partial charge in [0.15, 0.2) is 0 Å². The van der Waals surface area contributed by atoms with Gasteiger partial charge in [0.05, 0.1) is 0 Å². The van der Waals surface area contributed by atoms with Gasteiger partial charge in [-0.1, -0.05) is 24.5 Å². The molecule has 0 saturated carbocycles. The predicted octanol–water partition coefficient (Wildman–Crippen LogP) is 4.23. The Labute approximate surface area is 76.4 Å². The molecule has 1 aliphatic carbocycles. The van der Waals surface area contributed by atoms with Crippen LogP contribution >= 0.6 is 0 Å². The molecule has 1 rings (SSSR count). The van der Waals surface area contributed by atoms with Crippen LogP contribution in [-0.2, 0) is 0 Å². The minimum absolute atomic E-state index is 1.25. The summed E-state index contributed by atoms with van der Waals surface area (Å²) >= 11 is 0. The molecule has 0 spiro atoms. The fraction of sp³-hybridized carbons (Fsp3) is 0.667. The van der Waals surface area contributed by atoms with Crippen molar-refractivity contribution in [2.75, 3.05) is 0 Å². The fourth-order valence-corrected chi connectivity index (χ4v) is 1.84. The highest BCUT2D eigenvalue weighted by Crippen LogP contribution is 2.33. The number of hydrogen-bond acceptors (Lipinski definition) is 0. The van der Waals surface area contributed by atoms with Crippen molar-refractivity contribution in [3.8, 4) is 0 Å². The topological polar surface area (TPSA) is 0 Å². The van der Waals surface area contributed by atoms with Crippen molar-refractivity contribution >= 4 is 0 Å². The van der Waals surface area contributed by atoms with Crippen LogP contribution in [0.5, 0.6) is 0 Å². The number of allylic oxidation sites excluding steroid dienone is 4. The molecule has 0 heteroatoms. The van der Waals surface area contributed by atoms with Gasteiger partial charge in [-0.15, -0.1) is 0 Å². The normalized spacial score (nSPS) is 18.0. The van der Waals surface area contributed by atoms with Crippen LogP contribution in [-0.4, -0.2) is 0 Å². The first-order valence-electron chi connectivity index (χ1n) is 5.02. The van der Waals surface area contributed by atoms with E-state index in [1.54, 1.807) is 22.3 Å². The summed E-state index contributed by atoms with van der Waals surface area (Å²) in [7, 11) is 0. The minimum atomic E-state index is 1.25. The van der Waals surface area contributed by atoms with Crippen LogP contribution in [0.4, 0.5) is 0 Å². The van der Waals surface area contributed by atoms with Gasteiger partial charge in [0, 0.05) is 0 Å². The van der Waals surface area contributed by atoms with Crippen LogP contribution in [0.2, 0.25) is 0 Å². The Morgan fingerprint density at radius 1 is 1.08 bits per heavy atom. The molecule has 0 radical (unpaired) electrons. The smallest absolute Gasteiger partial charge is 0.00996 e. The molecular weight excluding hydrogens is 144 g/mol. The highest BCUT2D eigenvalue weighted by molar-refractivity contribution is 5.44. The van der Waals surface area contributed by atoms with Crippen molar-refractivity contribution < 1.29 is 0 Å². The Morgan fingerprint density at radius 2 is 1.75 bits per heavy atom. The number of hydrogen-bond donors (Lipinski definition) is 0. The third kappa shape index (κ3) is 1.80. The third-order valence-electron chi connectivity index (χ3n) is 3.04. The van der Waals surface area contributed by atoms with Gasteiger partial charge in [-0.3, -0.25) is 0 Å². The van der Waals surface area contributed by atoms with Gasteiger partial charge in [-0.2, -0.15) is 0 Å². The molecule has 68 valence electrons. The Bertz CT molecular complexity index is 228. The molecule has 0 N–H and O–H groups in total. The van der Waals surface area contributed by atoms with E-state index >= 15 is 0 Å². The van der Waals surface area contributed by atoms with Crippen LogP contribution in [0.15, 0.2) is 22.3 Å². The lowest BCUT2D eigenvalue weighted by atomic mass is 10.0. The summed E-state index contributed by atoms with van der Waals surface area (Å²) in [5, 5.41) is 0. The van der Waals surface area contributed by atoms with E-state index in [4.69, 9.17) is 0 Å². The Kier molecular flexibility index (Phi) is 3.13. The zero-order valence-corrected chi connectivity index (χ0v) is 8.83. The summed E-state index contributed by atoms with van der Waals surface area (Å²) in [6.45, 7) is 9.05. The molecule has 0 aliphatic heterocycles. The van der Waals surface area contributed by atoms with Gasteiger partial charge in [0.2, 0.25) is 0 Å². The third-order valence-corrected chi connectivity index (χ3v) is 3.04. The molecule has 0 aromatic rings. The molecule has 0 bridgehead atoms. The molecule has 0 saturated heterocycles. The molecule has 0 atom stereocenters. The summed E-state index contributed by atoms with van der Waals surface area (Å²) in [6, 6.07) is 0. The Hall–Kier alpha value is -0.520. The van der Waals surface area contributed by atoms with Crippen molar-refractivity contribution in [1.82, 2.24) is 0 Å². The van der Waals surface area contributed by atoms with Crippen LogP contribution in [0.3, 0.4) is 0 Å². The fourth-order valence-electron chi connectivity index (χ4n) is 1.84. The molecule has 0 amide bonds. The van der Waals surface area contributed by atoms with E-state index in [-0.39, 0.29) is 0 Å². The highest BCUT2D eigenvalue weighted by Gasteiger charge is 2.14. The average Bonchev–Trinajstić information content (AvgIpc) is 2.30. The maximum atomic E-state index is 2.27. The molecule has 0 unspecified atom stereocenters. The van der Waals surface area contributed by atoms with Crippen LogP contribution in [0.25, 0.3) is 0 Å². The second-order valence-electron chi connectivity index (χ2n) is 3.91. The molecular formula is C12H20. The molecule has 12 heavy (non-hydrogen) atoms. The molecule has 1 aliphatic rings. The highest BCUT2D eigenvalue weighted by atomic mass is 14.2. The molecule has 0 fully saturated rings. The van der Waals surface area contributed by atoms with E-state index in [1.165, 1.54) is 25.7 Å². The van der Waals surface area contributed by atoms with Crippen molar-refractivity contribution in [2.45, 2.75) is 53.4 Å². The lowest BCUT2D eigenvalue weighted by Gasteiger charge is -2.02. The summed E-state index contributed by atoms with van der Waals surface area (Å²) in [6.07, 6.45) is 5.23. The SMILES string of the molecule is CCCCC1=C(C)C(C)=C(C)C1. The predicted molar refractivity (Wildman–Crippen MR) is 55.2 cm³/mol. The van der Waals surface area contributed by atoms with E-state index < -0.39 is 0 Å². The van der Waals surface area contributed by atoms with Crippen molar-refractivity contribution in [3.63, 3.8) is 0 Å². The van der Waals surface area contributed by atoms with Crippen molar-refractivity contribution in [3.05, 3.63) is 22.3 Å². The lowest BCUT2D eigenvalue weighted by molar-refractivity contribution is 0.771. The van der Waals surface area contributed by atoms with Crippen LogP contribution in [0.1, 0.15) is 53.4 Å². The monoisotopic (exact) mass is 164 g/mol. The first-order chi connectivity index (χ1) is 5.66. The minimum Gasteiger partial charge on any atom is -0.0661 e. The number of rotatable bonds is 3. The van der Waals surface area contributed by atoms with Gasteiger partial charge < -0.3 is 0 Å². The average molecular weight is 164 g/mol. The van der Waals surface area contributed by atoms with Gasteiger partial charge in [0.1, 0.15) is 0 Å². The summed E-state index contributed by atoms with van der Waals surface area (Å²) < 4.78 is 0. The maximum Gasteiger partial charge on any atom is -0.00996 e. The number of unbranched alkanes of at least 4 members (excludes halogenated alkanes) is 1. The van der Waals surface area contributed by atoms with Gasteiger partial charge in [-0.05, 0) is 51.2 Å². The summed E-state index contributed by atoms with van der Waals surface area (Å²) in [4.78, 5) is 0. The molecule has 0 heterocycles. The molecule has 0 nitrogen and oxygen atoms in total. The molecule has 0 aromatic carbocycles. The van der Waals surface area contributed by atoms with E-state index in [0.29, 0.717) is 0 Å².